The number of aromatic nitrogens is 3. The smallest absolute Gasteiger partial charge is 0.362 e. The quantitative estimate of drug-likeness (QED) is 0.771. The molecule has 1 saturated carbocycles. The maximum atomic E-state index is 13.9. The molecular formula is C14H9ClFN3O5S. The lowest BCUT2D eigenvalue weighted by Crippen LogP contribution is -2.02. The van der Waals surface area contributed by atoms with Crippen molar-refractivity contribution < 1.29 is 27.4 Å². The van der Waals surface area contributed by atoms with Gasteiger partial charge in [-0.05, 0) is 24.8 Å². The maximum Gasteiger partial charge on any atom is 0.362 e. The van der Waals surface area contributed by atoms with Crippen molar-refractivity contribution in [2.24, 2.45) is 0 Å². The summed E-state index contributed by atoms with van der Waals surface area (Å²) < 4.78 is 42.7. The average Bonchev–Trinajstić information content (AvgIpc) is 3.30. The number of carboxylic acid groups (broad SMARTS) is 1. The molecule has 0 saturated heterocycles. The second-order valence-electron chi connectivity index (χ2n) is 5.13. The molecule has 1 aliphatic rings. The fourth-order valence-electron chi connectivity index (χ4n) is 1.85. The van der Waals surface area contributed by atoms with Crippen LogP contribution < -0.4 is 4.74 Å². The summed E-state index contributed by atoms with van der Waals surface area (Å²) in [6.45, 7) is 0. The van der Waals surface area contributed by atoms with E-state index in [4.69, 9.17) is 21.4 Å². The number of H-pyrrole nitrogens is 1. The van der Waals surface area contributed by atoms with E-state index in [2.05, 4.69) is 26.6 Å². The monoisotopic (exact) mass is 385 g/mol. The van der Waals surface area contributed by atoms with Gasteiger partial charge in [-0.3, -0.25) is 0 Å². The molecule has 130 valence electrons. The molecule has 0 spiro atoms. The topological polar surface area (TPSA) is 122 Å². The number of nitrogens with zero attached hydrogens (tertiary/aromatic N) is 2. The number of carboxylic acids is 1. The van der Waals surface area contributed by atoms with E-state index in [1.54, 1.807) is 0 Å². The summed E-state index contributed by atoms with van der Waals surface area (Å²) >= 11 is 5.80. The van der Waals surface area contributed by atoms with Crippen molar-refractivity contribution in [3.05, 3.63) is 34.2 Å². The lowest BCUT2D eigenvalue weighted by molar-refractivity contribution is 0.0687. The lowest BCUT2D eigenvalue weighted by atomic mass is 10.2. The van der Waals surface area contributed by atoms with Gasteiger partial charge in [0.25, 0.3) is 5.88 Å². The number of hydrogen-bond acceptors (Lipinski definition) is 6. The number of aromatic amines is 1. The zero-order valence-electron chi connectivity index (χ0n) is 12.3. The molecule has 0 radical (unpaired) electrons. The fraction of sp³-hybridized carbons (Fsp3) is 0.214. The molecule has 8 nitrogen and oxygen atoms in total. The predicted molar refractivity (Wildman–Crippen MR) is 83.6 cm³/mol. The molecule has 0 bridgehead atoms. The maximum absolute atomic E-state index is 13.9. The Morgan fingerprint density at radius 1 is 1.44 bits per heavy atom. The molecule has 1 fully saturated rings. The molecule has 25 heavy (non-hydrogen) atoms. The summed E-state index contributed by atoms with van der Waals surface area (Å²) in [6, 6.07) is 2.09. The molecular weight excluding hydrogens is 377 g/mol. The average molecular weight is 386 g/mol. The molecule has 0 amide bonds. The highest BCUT2D eigenvalue weighted by molar-refractivity contribution is 7.96. The van der Waals surface area contributed by atoms with E-state index in [9.17, 15) is 17.6 Å². The largest absolute Gasteiger partial charge is 0.476 e. The van der Waals surface area contributed by atoms with Gasteiger partial charge in [0, 0.05) is 11.3 Å². The van der Waals surface area contributed by atoms with Gasteiger partial charge >= 0.3 is 5.97 Å². The Balaban J connectivity index is 1.95. The Kier molecular flexibility index (Phi) is 4.36. The Labute approximate surface area is 145 Å². The van der Waals surface area contributed by atoms with Crippen LogP contribution in [-0.4, -0.2) is 40.2 Å². The summed E-state index contributed by atoms with van der Waals surface area (Å²) in [5, 5.41) is 19.0. The van der Waals surface area contributed by atoms with Gasteiger partial charge in [0.05, 0.1) is 15.8 Å². The van der Waals surface area contributed by atoms with Crippen LogP contribution in [0.1, 0.15) is 28.9 Å². The molecule has 1 aromatic heterocycles. The third-order valence-corrected chi connectivity index (χ3v) is 5.35. The summed E-state index contributed by atoms with van der Waals surface area (Å²) in [4.78, 5) is 11.0. The first kappa shape index (κ1) is 17.2. The van der Waals surface area contributed by atoms with Crippen molar-refractivity contribution in [3.63, 3.8) is 0 Å². The third-order valence-electron chi connectivity index (χ3n) is 3.23. The Morgan fingerprint density at radius 2 is 2.16 bits per heavy atom. The molecule has 0 unspecified atom stereocenters. The van der Waals surface area contributed by atoms with Gasteiger partial charge in [0.15, 0.2) is 0 Å². The molecule has 0 aliphatic heterocycles. The van der Waals surface area contributed by atoms with E-state index in [1.807, 2.05) is 0 Å². The highest BCUT2D eigenvalue weighted by Gasteiger charge is 2.34. The van der Waals surface area contributed by atoms with Crippen molar-refractivity contribution in [2.45, 2.75) is 18.1 Å². The van der Waals surface area contributed by atoms with Crippen molar-refractivity contribution >= 4 is 27.4 Å². The normalized spacial score (nSPS) is 13.8. The van der Waals surface area contributed by atoms with Crippen molar-refractivity contribution in [1.29, 1.82) is 0 Å². The van der Waals surface area contributed by atoms with Crippen LogP contribution in [-0.2, 0) is 9.84 Å². The van der Waals surface area contributed by atoms with E-state index in [0.29, 0.717) is 12.8 Å². The SMILES string of the molecule is O=C(O)c1nn[nH]c1Oc1cc(F)c(Cl)c(C#CS(=O)(=O)C2CC2)c1. The van der Waals surface area contributed by atoms with Crippen molar-refractivity contribution in [1.82, 2.24) is 15.4 Å². The Bertz CT molecular complexity index is 1020. The Morgan fingerprint density at radius 3 is 2.80 bits per heavy atom. The van der Waals surface area contributed by atoms with Gasteiger partial charge in [0.1, 0.15) is 11.6 Å². The van der Waals surface area contributed by atoms with Crippen molar-refractivity contribution in [3.8, 4) is 22.8 Å². The lowest BCUT2D eigenvalue weighted by Gasteiger charge is -2.06. The van der Waals surface area contributed by atoms with Gasteiger partial charge in [-0.1, -0.05) is 16.8 Å². The molecule has 2 aromatic rings. The highest BCUT2D eigenvalue weighted by Crippen LogP contribution is 2.30. The van der Waals surface area contributed by atoms with Crippen LogP contribution in [0.25, 0.3) is 0 Å². The van der Waals surface area contributed by atoms with E-state index < -0.39 is 32.6 Å². The van der Waals surface area contributed by atoms with Crippen LogP contribution in [0, 0.1) is 17.0 Å². The van der Waals surface area contributed by atoms with E-state index in [0.717, 1.165) is 6.07 Å². The van der Waals surface area contributed by atoms with Gasteiger partial charge in [-0.25, -0.2) is 22.7 Å². The number of benzene rings is 1. The second-order valence-corrected chi connectivity index (χ2v) is 7.47. The summed E-state index contributed by atoms with van der Waals surface area (Å²) in [5.74, 6) is -0.446. The molecule has 1 heterocycles. The van der Waals surface area contributed by atoms with Crippen LogP contribution >= 0.6 is 11.6 Å². The van der Waals surface area contributed by atoms with E-state index in [1.165, 1.54) is 6.07 Å². The first-order valence-electron chi connectivity index (χ1n) is 6.86. The molecule has 1 aliphatic carbocycles. The number of sulfone groups is 1. The number of rotatable bonds is 4. The predicted octanol–water partition coefficient (Wildman–Crippen LogP) is 1.97. The highest BCUT2D eigenvalue weighted by atomic mass is 35.5. The van der Waals surface area contributed by atoms with E-state index in [-0.39, 0.29) is 22.2 Å². The molecule has 11 heteroatoms. The van der Waals surface area contributed by atoms with Crippen LogP contribution in [0.3, 0.4) is 0 Å². The standard InChI is InChI=1S/C14H9ClFN3O5S/c15-11-7(3-4-25(22,23)9-1-2-9)5-8(6-10(11)16)24-13-12(14(20)21)17-19-18-13/h5-6,9H,1-2H2,(H,20,21)(H,17,18,19). The van der Waals surface area contributed by atoms with Gasteiger partial charge < -0.3 is 9.84 Å². The summed E-state index contributed by atoms with van der Waals surface area (Å²) in [6.07, 6.45) is 1.10. The van der Waals surface area contributed by atoms with E-state index >= 15 is 0 Å². The van der Waals surface area contributed by atoms with Crippen LogP contribution in [0.2, 0.25) is 5.02 Å². The minimum absolute atomic E-state index is 0.106. The number of hydrogen-bond donors (Lipinski definition) is 2. The van der Waals surface area contributed by atoms with Gasteiger partial charge in [-0.2, -0.15) is 0 Å². The van der Waals surface area contributed by atoms with Gasteiger partial charge in [0.2, 0.25) is 15.5 Å². The van der Waals surface area contributed by atoms with Gasteiger partial charge in [-0.15, -0.1) is 5.10 Å². The number of halogens is 2. The molecule has 1 aromatic carbocycles. The zero-order valence-corrected chi connectivity index (χ0v) is 13.9. The first-order valence-corrected chi connectivity index (χ1v) is 8.78. The molecule has 0 atom stereocenters. The minimum Gasteiger partial charge on any atom is -0.476 e. The summed E-state index contributed by atoms with van der Waals surface area (Å²) in [5.41, 5.74) is -0.607. The minimum atomic E-state index is -3.58. The van der Waals surface area contributed by atoms with Crippen molar-refractivity contribution in [2.75, 3.05) is 0 Å². The number of nitrogens with one attached hydrogen (secondary N) is 1. The van der Waals surface area contributed by atoms with Crippen LogP contribution in [0.4, 0.5) is 4.39 Å². The number of aromatic carboxylic acids is 1. The number of carbonyl (C=O) groups is 1. The first-order chi connectivity index (χ1) is 11.8. The molecule has 2 N–H and O–H groups in total. The number of ether oxygens (including phenoxy) is 1. The zero-order chi connectivity index (χ0) is 18.2. The third kappa shape index (κ3) is 3.72. The van der Waals surface area contributed by atoms with Crippen LogP contribution in [0.5, 0.6) is 11.6 Å². The fourth-order valence-corrected chi connectivity index (χ4v) is 3.18. The van der Waals surface area contributed by atoms with Crippen LogP contribution in [0.15, 0.2) is 12.1 Å². The second kappa shape index (κ2) is 6.34. The Hall–Kier alpha value is -2.64. The molecule has 3 rings (SSSR count). The summed E-state index contributed by atoms with van der Waals surface area (Å²) in [7, 11) is -3.58.